The zero-order valence-electron chi connectivity index (χ0n) is 11.5. The van der Waals surface area contributed by atoms with Crippen molar-refractivity contribution in [3.63, 3.8) is 0 Å². The predicted octanol–water partition coefficient (Wildman–Crippen LogP) is 2.45. The number of hydrogen-bond acceptors (Lipinski definition) is 3. The highest BCUT2D eigenvalue weighted by Gasteiger charge is 2.29. The topological polar surface area (TPSA) is 15.3 Å². The Hall–Kier alpha value is 0.270. The van der Waals surface area contributed by atoms with E-state index in [1.165, 1.54) is 26.1 Å². The van der Waals surface area contributed by atoms with E-state index in [2.05, 4.69) is 56.7 Å². The fraction of sp³-hybridized carbons (Fsp3) is 1.00. The molecule has 1 saturated heterocycles. The highest BCUT2D eigenvalue weighted by atomic mass is 32.2. The van der Waals surface area contributed by atoms with Gasteiger partial charge in [0.2, 0.25) is 0 Å². The summed E-state index contributed by atoms with van der Waals surface area (Å²) in [4.78, 5) is 2.66. The Labute approximate surface area is 106 Å². The van der Waals surface area contributed by atoms with Gasteiger partial charge in [-0.25, -0.2) is 0 Å². The van der Waals surface area contributed by atoms with Crippen LogP contribution in [-0.4, -0.2) is 48.6 Å². The van der Waals surface area contributed by atoms with Crippen LogP contribution in [0.4, 0.5) is 0 Å². The lowest BCUT2D eigenvalue weighted by Crippen LogP contribution is -2.47. The molecule has 16 heavy (non-hydrogen) atoms. The molecule has 0 aromatic carbocycles. The summed E-state index contributed by atoms with van der Waals surface area (Å²) >= 11 is 2.13. The van der Waals surface area contributed by atoms with Gasteiger partial charge in [-0.3, -0.25) is 0 Å². The molecule has 0 aromatic rings. The Morgan fingerprint density at radius 1 is 1.31 bits per heavy atom. The van der Waals surface area contributed by atoms with Gasteiger partial charge in [0.15, 0.2) is 0 Å². The van der Waals surface area contributed by atoms with Gasteiger partial charge in [-0.05, 0) is 18.9 Å². The molecule has 1 N–H and O–H groups in total. The first kappa shape index (κ1) is 14.3. The second-order valence-corrected chi connectivity index (χ2v) is 7.53. The molecule has 0 radical (unpaired) electrons. The van der Waals surface area contributed by atoms with Crippen molar-refractivity contribution in [2.45, 2.75) is 44.6 Å². The molecule has 3 atom stereocenters. The third kappa shape index (κ3) is 4.27. The largest absolute Gasteiger partial charge is 0.319 e. The third-order valence-corrected chi connectivity index (χ3v) is 4.79. The highest BCUT2D eigenvalue weighted by molar-refractivity contribution is 8.00. The van der Waals surface area contributed by atoms with Crippen molar-refractivity contribution in [3.05, 3.63) is 0 Å². The van der Waals surface area contributed by atoms with Crippen LogP contribution in [0.25, 0.3) is 0 Å². The third-order valence-electron chi connectivity index (χ3n) is 3.56. The lowest BCUT2D eigenvalue weighted by Gasteiger charge is -2.40. The Morgan fingerprint density at radius 3 is 2.31 bits per heavy atom. The van der Waals surface area contributed by atoms with Crippen molar-refractivity contribution >= 4 is 11.8 Å². The van der Waals surface area contributed by atoms with Crippen LogP contribution in [0.15, 0.2) is 0 Å². The maximum atomic E-state index is 3.34. The van der Waals surface area contributed by atoms with Crippen LogP contribution in [0.5, 0.6) is 0 Å². The standard InChI is InChI=1S/C13H28N2S/c1-6-13(4,9-14-5)10-15-7-11(2)16-12(3)8-15/h11-12,14H,6-10H2,1-5H3. The van der Waals surface area contributed by atoms with Crippen molar-refractivity contribution in [1.29, 1.82) is 0 Å². The summed E-state index contributed by atoms with van der Waals surface area (Å²) in [6.45, 7) is 14.3. The predicted molar refractivity (Wildman–Crippen MR) is 75.3 cm³/mol. The van der Waals surface area contributed by atoms with Crippen LogP contribution >= 0.6 is 11.8 Å². The Balaban J connectivity index is 2.50. The molecule has 96 valence electrons. The van der Waals surface area contributed by atoms with Gasteiger partial charge in [-0.2, -0.15) is 11.8 Å². The minimum Gasteiger partial charge on any atom is -0.319 e. The van der Waals surface area contributed by atoms with Crippen LogP contribution in [0, 0.1) is 5.41 Å². The molecule has 2 nitrogen and oxygen atoms in total. The molecule has 0 amide bonds. The number of rotatable bonds is 5. The van der Waals surface area contributed by atoms with Gasteiger partial charge >= 0.3 is 0 Å². The van der Waals surface area contributed by atoms with Crippen molar-refractivity contribution in [3.8, 4) is 0 Å². The molecule has 1 rings (SSSR count). The smallest absolute Gasteiger partial charge is 0.0149 e. The highest BCUT2D eigenvalue weighted by Crippen LogP contribution is 2.28. The fourth-order valence-electron chi connectivity index (χ4n) is 2.67. The van der Waals surface area contributed by atoms with E-state index in [1.807, 2.05) is 0 Å². The van der Waals surface area contributed by atoms with Crippen LogP contribution in [0.2, 0.25) is 0 Å². The maximum absolute atomic E-state index is 3.34. The summed E-state index contributed by atoms with van der Waals surface area (Å²) in [7, 11) is 2.06. The average molecular weight is 244 g/mol. The molecule has 1 aliphatic rings. The van der Waals surface area contributed by atoms with Crippen LogP contribution in [0.1, 0.15) is 34.1 Å². The fourth-order valence-corrected chi connectivity index (χ4v) is 4.06. The molecule has 1 fully saturated rings. The molecule has 3 heteroatoms. The van der Waals surface area contributed by atoms with Crippen LogP contribution < -0.4 is 5.32 Å². The second-order valence-electron chi connectivity index (χ2n) is 5.65. The quantitative estimate of drug-likeness (QED) is 0.800. The van der Waals surface area contributed by atoms with Crippen LogP contribution in [-0.2, 0) is 0 Å². The summed E-state index contributed by atoms with van der Waals surface area (Å²) in [6, 6.07) is 0. The van der Waals surface area contributed by atoms with Crippen molar-refractivity contribution < 1.29 is 0 Å². The summed E-state index contributed by atoms with van der Waals surface area (Å²) in [5.74, 6) is 0. The van der Waals surface area contributed by atoms with E-state index in [9.17, 15) is 0 Å². The molecule has 0 bridgehead atoms. The van der Waals surface area contributed by atoms with Gasteiger partial charge < -0.3 is 10.2 Å². The molecule has 0 spiro atoms. The summed E-state index contributed by atoms with van der Waals surface area (Å²) in [6.07, 6.45) is 1.25. The number of thioether (sulfide) groups is 1. The van der Waals surface area contributed by atoms with E-state index in [1.54, 1.807) is 0 Å². The lowest BCUT2D eigenvalue weighted by molar-refractivity contribution is 0.155. The number of hydrogen-bond donors (Lipinski definition) is 1. The zero-order chi connectivity index (χ0) is 12.2. The van der Waals surface area contributed by atoms with Crippen molar-refractivity contribution in [2.75, 3.05) is 33.2 Å². The number of nitrogens with zero attached hydrogens (tertiary/aromatic N) is 1. The monoisotopic (exact) mass is 244 g/mol. The molecule has 0 saturated carbocycles. The van der Waals surface area contributed by atoms with Gasteiger partial charge in [-0.15, -0.1) is 0 Å². The molecule has 3 unspecified atom stereocenters. The van der Waals surface area contributed by atoms with E-state index < -0.39 is 0 Å². The average Bonchev–Trinajstić information content (AvgIpc) is 2.16. The number of nitrogens with one attached hydrogen (secondary N) is 1. The SMILES string of the molecule is CCC(C)(CNC)CN1CC(C)SC(C)C1. The van der Waals surface area contributed by atoms with Gasteiger partial charge in [0, 0.05) is 36.7 Å². The minimum absolute atomic E-state index is 0.427. The first-order chi connectivity index (χ1) is 7.49. The summed E-state index contributed by atoms with van der Waals surface area (Å²) < 4.78 is 0. The Kier molecular flexibility index (Phi) is 5.62. The van der Waals surface area contributed by atoms with Gasteiger partial charge in [0.25, 0.3) is 0 Å². The first-order valence-electron chi connectivity index (χ1n) is 6.51. The minimum atomic E-state index is 0.427. The lowest BCUT2D eigenvalue weighted by atomic mass is 9.86. The zero-order valence-corrected chi connectivity index (χ0v) is 12.4. The molecule has 1 heterocycles. The molecule has 0 aliphatic carbocycles. The van der Waals surface area contributed by atoms with Crippen LogP contribution in [0.3, 0.4) is 0 Å². The van der Waals surface area contributed by atoms with E-state index >= 15 is 0 Å². The molecular formula is C13H28N2S. The molecule has 1 aliphatic heterocycles. The second kappa shape index (κ2) is 6.27. The van der Waals surface area contributed by atoms with Gasteiger partial charge in [0.1, 0.15) is 0 Å². The normalized spacial score (nSPS) is 31.3. The Bertz CT molecular complexity index is 200. The van der Waals surface area contributed by atoms with E-state index in [-0.39, 0.29) is 0 Å². The first-order valence-corrected chi connectivity index (χ1v) is 7.46. The van der Waals surface area contributed by atoms with E-state index in [0.717, 1.165) is 17.0 Å². The van der Waals surface area contributed by atoms with Crippen molar-refractivity contribution in [2.24, 2.45) is 5.41 Å². The summed E-state index contributed by atoms with van der Waals surface area (Å²) in [5, 5.41) is 4.92. The Morgan fingerprint density at radius 2 is 1.88 bits per heavy atom. The van der Waals surface area contributed by atoms with Gasteiger partial charge in [0.05, 0.1) is 0 Å². The van der Waals surface area contributed by atoms with E-state index in [0.29, 0.717) is 5.41 Å². The van der Waals surface area contributed by atoms with E-state index in [4.69, 9.17) is 0 Å². The molecular weight excluding hydrogens is 216 g/mol. The van der Waals surface area contributed by atoms with Gasteiger partial charge in [-0.1, -0.05) is 27.7 Å². The maximum Gasteiger partial charge on any atom is 0.0149 e. The van der Waals surface area contributed by atoms with Crippen molar-refractivity contribution in [1.82, 2.24) is 10.2 Å². The summed E-state index contributed by atoms with van der Waals surface area (Å²) in [5.41, 5.74) is 0.427. The molecule has 0 aromatic heterocycles.